The van der Waals surface area contributed by atoms with Crippen molar-refractivity contribution >= 4 is 49.0 Å². The van der Waals surface area contributed by atoms with Gasteiger partial charge in [0.15, 0.2) is 5.13 Å². The van der Waals surface area contributed by atoms with E-state index in [4.69, 9.17) is 4.74 Å². The number of aromatic nitrogens is 3. The molecule has 2 heterocycles. The molecule has 8 nitrogen and oxygen atoms in total. The van der Waals surface area contributed by atoms with Crippen LogP contribution in [0.25, 0.3) is 21.0 Å². The number of rotatable bonds is 5. The zero-order chi connectivity index (χ0) is 21.4. The Balaban J connectivity index is 1.55. The molecule has 152 valence electrons. The van der Waals surface area contributed by atoms with Crippen LogP contribution < -0.4 is 10.1 Å². The molecule has 0 spiro atoms. The number of nitrogens with one attached hydrogen (secondary N) is 1. The number of thiazole rings is 1. The second kappa shape index (κ2) is 7.62. The van der Waals surface area contributed by atoms with E-state index in [2.05, 4.69) is 20.3 Å². The summed E-state index contributed by atoms with van der Waals surface area (Å²) in [5, 5.41) is 17.2. The van der Waals surface area contributed by atoms with Crippen LogP contribution in [-0.2, 0) is 0 Å². The Kier molecular flexibility index (Phi) is 4.64. The highest BCUT2D eigenvalue weighted by molar-refractivity contribution is 7.22. The van der Waals surface area contributed by atoms with E-state index < -0.39 is 4.92 Å². The Morgan fingerprint density at radius 3 is 2.68 bits per heavy atom. The third kappa shape index (κ3) is 3.51. The molecule has 0 unspecified atom stereocenters. The lowest BCUT2D eigenvalue weighted by molar-refractivity contribution is -0.385. The molecule has 0 saturated heterocycles. The first-order valence-corrected chi connectivity index (χ1v) is 10.2. The topological polar surface area (TPSA) is 103 Å². The van der Waals surface area contributed by atoms with Gasteiger partial charge >= 0.3 is 11.6 Å². The summed E-state index contributed by atoms with van der Waals surface area (Å²) in [5.74, 6) is 0.351. The minimum absolute atomic E-state index is 0.0203. The number of nitro groups is 1. The molecule has 0 aliphatic rings. The van der Waals surface area contributed by atoms with Crippen LogP contribution in [-0.4, -0.2) is 19.9 Å². The van der Waals surface area contributed by atoms with Gasteiger partial charge in [0.05, 0.1) is 15.1 Å². The van der Waals surface area contributed by atoms with E-state index in [-0.39, 0.29) is 17.4 Å². The molecule has 5 aromatic rings. The first kappa shape index (κ1) is 18.9. The van der Waals surface area contributed by atoms with E-state index in [1.54, 1.807) is 6.07 Å². The van der Waals surface area contributed by atoms with E-state index >= 15 is 0 Å². The van der Waals surface area contributed by atoms with Crippen LogP contribution in [0, 0.1) is 17.0 Å². The molecular weight excluding hydrogens is 414 g/mol. The first-order chi connectivity index (χ1) is 15.1. The number of benzene rings is 3. The number of ether oxygens (including phenoxy) is 1. The first-order valence-electron chi connectivity index (χ1n) is 9.38. The second-order valence-electron chi connectivity index (χ2n) is 6.78. The molecule has 0 saturated carbocycles. The van der Waals surface area contributed by atoms with Gasteiger partial charge in [-0.15, -0.1) is 0 Å². The molecule has 2 aromatic heterocycles. The number of para-hydroxylation sites is 1. The number of anilines is 2. The van der Waals surface area contributed by atoms with Crippen molar-refractivity contribution in [2.75, 3.05) is 5.32 Å². The van der Waals surface area contributed by atoms with Crippen molar-refractivity contribution in [2.24, 2.45) is 0 Å². The molecule has 0 aliphatic heterocycles. The van der Waals surface area contributed by atoms with Gasteiger partial charge in [-0.3, -0.25) is 10.1 Å². The molecule has 1 N–H and O–H groups in total. The van der Waals surface area contributed by atoms with Gasteiger partial charge in [-0.25, -0.2) is 9.97 Å². The number of nitrogens with zero attached hydrogens (tertiary/aromatic N) is 4. The van der Waals surface area contributed by atoms with Gasteiger partial charge in [-0.2, -0.15) is 4.98 Å². The molecule has 0 fully saturated rings. The van der Waals surface area contributed by atoms with Gasteiger partial charge in [0.25, 0.3) is 0 Å². The van der Waals surface area contributed by atoms with E-state index in [1.165, 1.54) is 17.7 Å². The summed E-state index contributed by atoms with van der Waals surface area (Å²) in [7, 11) is 0. The van der Waals surface area contributed by atoms with Gasteiger partial charge in [0.2, 0.25) is 5.82 Å². The Hall–Kier alpha value is -4.11. The van der Waals surface area contributed by atoms with Crippen LogP contribution in [0.3, 0.4) is 0 Å². The van der Waals surface area contributed by atoms with Crippen molar-refractivity contribution in [2.45, 2.75) is 6.92 Å². The quantitative estimate of drug-likeness (QED) is 0.270. The second-order valence-corrected chi connectivity index (χ2v) is 7.81. The largest absolute Gasteiger partial charge is 0.433 e. The van der Waals surface area contributed by atoms with Crippen molar-refractivity contribution in [1.82, 2.24) is 15.0 Å². The molecule has 9 heteroatoms. The van der Waals surface area contributed by atoms with E-state index in [1.807, 2.05) is 61.5 Å². The Labute approximate surface area is 180 Å². The minimum atomic E-state index is -0.554. The fraction of sp³-hybridized carbons (Fsp3) is 0.0455. The summed E-state index contributed by atoms with van der Waals surface area (Å²) < 4.78 is 6.87. The number of fused-ring (bicyclic) bond motifs is 2. The van der Waals surface area contributed by atoms with E-state index in [0.717, 1.165) is 26.6 Å². The zero-order valence-corrected chi connectivity index (χ0v) is 17.1. The standard InChI is InChI=1S/C22H15N5O3S/c1-13-6-4-11-17-18(13)25-22(31-17)26-20-19(27(28)29)21(24-12-23-20)30-16-10-5-8-14-7-2-3-9-15(14)16/h2-12H,1H3,(H,23,24,25,26). The van der Waals surface area contributed by atoms with Crippen LogP contribution in [0.15, 0.2) is 67.0 Å². The van der Waals surface area contributed by atoms with Crippen molar-refractivity contribution in [3.63, 3.8) is 0 Å². The number of aryl methyl sites for hydroxylation is 1. The van der Waals surface area contributed by atoms with Crippen molar-refractivity contribution in [3.05, 3.63) is 82.7 Å². The maximum atomic E-state index is 11.9. The minimum Gasteiger partial charge on any atom is -0.433 e. The van der Waals surface area contributed by atoms with Crippen molar-refractivity contribution in [1.29, 1.82) is 0 Å². The van der Waals surface area contributed by atoms with Crippen LogP contribution in [0.5, 0.6) is 11.6 Å². The summed E-state index contributed by atoms with van der Waals surface area (Å²) in [6.45, 7) is 1.97. The van der Waals surface area contributed by atoms with Crippen molar-refractivity contribution in [3.8, 4) is 11.6 Å². The SMILES string of the molecule is Cc1cccc2sc(Nc3ncnc(Oc4cccc5ccccc45)c3[N+](=O)[O-])nc12. The average molecular weight is 429 g/mol. The molecule has 3 aromatic carbocycles. The summed E-state index contributed by atoms with van der Waals surface area (Å²) in [4.78, 5) is 24.0. The molecule has 0 amide bonds. The highest BCUT2D eigenvalue weighted by atomic mass is 32.1. The zero-order valence-electron chi connectivity index (χ0n) is 16.3. The summed E-state index contributed by atoms with van der Waals surface area (Å²) in [5.41, 5.74) is 1.52. The predicted molar refractivity (Wildman–Crippen MR) is 120 cm³/mol. The lowest BCUT2D eigenvalue weighted by atomic mass is 10.1. The maximum absolute atomic E-state index is 11.9. The smallest absolute Gasteiger partial charge is 0.373 e. The molecule has 5 rings (SSSR count). The van der Waals surface area contributed by atoms with Crippen LogP contribution in [0.1, 0.15) is 5.56 Å². The third-order valence-electron chi connectivity index (χ3n) is 4.77. The van der Waals surface area contributed by atoms with Crippen LogP contribution in [0.2, 0.25) is 0 Å². The number of hydrogen-bond acceptors (Lipinski definition) is 8. The Morgan fingerprint density at radius 1 is 1.03 bits per heavy atom. The molecule has 0 aliphatic carbocycles. The van der Waals surface area contributed by atoms with Gasteiger partial charge in [-0.1, -0.05) is 59.9 Å². The predicted octanol–water partition coefficient (Wildman–Crippen LogP) is 5.99. The average Bonchev–Trinajstić information content (AvgIpc) is 3.18. The van der Waals surface area contributed by atoms with Gasteiger partial charge in [0, 0.05) is 5.39 Å². The molecule has 31 heavy (non-hydrogen) atoms. The molecular formula is C22H15N5O3S. The fourth-order valence-electron chi connectivity index (χ4n) is 3.32. The lowest BCUT2D eigenvalue weighted by Crippen LogP contribution is -2.03. The van der Waals surface area contributed by atoms with Gasteiger partial charge < -0.3 is 10.1 Å². The lowest BCUT2D eigenvalue weighted by Gasteiger charge is -2.10. The van der Waals surface area contributed by atoms with E-state index in [0.29, 0.717) is 10.9 Å². The monoisotopic (exact) mass is 429 g/mol. The Bertz CT molecular complexity index is 1440. The van der Waals surface area contributed by atoms with Gasteiger partial charge in [-0.05, 0) is 30.0 Å². The Morgan fingerprint density at radius 2 is 1.84 bits per heavy atom. The number of hydrogen-bond donors (Lipinski definition) is 1. The maximum Gasteiger partial charge on any atom is 0.373 e. The molecule has 0 radical (unpaired) electrons. The van der Waals surface area contributed by atoms with Crippen LogP contribution >= 0.6 is 11.3 Å². The van der Waals surface area contributed by atoms with Crippen molar-refractivity contribution < 1.29 is 9.66 Å². The molecule has 0 bridgehead atoms. The molecule has 0 atom stereocenters. The van der Waals surface area contributed by atoms with Gasteiger partial charge in [0.1, 0.15) is 12.1 Å². The normalized spacial score (nSPS) is 11.0. The van der Waals surface area contributed by atoms with E-state index in [9.17, 15) is 10.1 Å². The third-order valence-corrected chi connectivity index (χ3v) is 5.71. The highest BCUT2D eigenvalue weighted by Gasteiger charge is 2.26. The summed E-state index contributed by atoms with van der Waals surface area (Å²) >= 11 is 1.39. The highest BCUT2D eigenvalue weighted by Crippen LogP contribution is 2.38. The van der Waals surface area contributed by atoms with Crippen LogP contribution in [0.4, 0.5) is 16.6 Å². The summed E-state index contributed by atoms with van der Waals surface area (Å²) in [6.07, 6.45) is 1.23. The fourth-order valence-corrected chi connectivity index (χ4v) is 4.27. The summed E-state index contributed by atoms with van der Waals surface area (Å²) in [6, 6.07) is 19.0.